The SMILES string of the molecule is CCCCCNc1nncc(Nc2ccccc2OC(C)C)n1. The fourth-order valence-corrected chi connectivity index (χ4v) is 2.08. The first-order chi connectivity index (χ1) is 11.2. The fourth-order valence-electron chi connectivity index (χ4n) is 2.08. The van der Waals surface area contributed by atoms with Crippen molar-refractivity contribution in [2.75, 3.05) is 17.2 Å². The van der Waals surface area contributed by atoms with Crippen LogP contribution < -0.4 is 15.4 Å². The van der Waals surface area contributed by atoms with E-state index in [1.807, 2.05) is 38.1 Å². The first-order valence-corrected chi connectivity index (χ1v) is 8.15. The Morgan fingerprint density at radius 1 is 1.17 bits per heavy atom. The predicted octanol–water partition coefficient (Wildman–Crippen LogP) is 4.00. The Morgan fingerprint density at radius 2 is 2.00 bits per heavy atom. The molecular formula is C17H25N5O. The Balaban J connectivity index is 2.03. The number of nitrogens with zero attached hydrogens (tertiary/aromatic N) is 3. The lowest BCUT2D eigenvalue weighted by Gasteiger charge is -2.15. The smallest absolute Gasteiger partial charge is 0.244 e. The third-order valence-corrected chi connectivity index (χ3v) is 3.13. The third kappa shape index (κ3) is 5.73. The van der Waals surface area contributed by atoms with E-state index in [9.17, 15) is 0 Å². The molecule has 0 fully saturated rings. The van der Waals surface area contributed by atoms with Crippen LogP contribution in [0.3, 0.4) is 0 Å². The van der Waals surface area contributed by atoms with E-state index < -0.39 is 0 Å². The van der Waals surface area contributed by atoms with Gasteiger partial charge in [0, 0.05) is 6.54 Å². The lowest BCUT2D eigenvalue weighted by atomic mass is 10.2. The molecule has 6 nitrogen and oxygen atoms in total. The molecule has 0 atom stereocenters. The number of ether oxygens (including phenoxy) is 1. The number of anilines is 3. The lowest BCUT2D eigenvalue weighted by Crippen LogP contribution is -2.09. The molecule has 124 valence electrons. The number of rotatable bonds is 9. The summed E-state index contributed by atoms with van der Waals surface area (Å²) < 4.78 is 5.80. The van der Waals surface area contributed by atoms with Gasteiger partial charge in [0.15, 0.2) is 5.82 Å². The molecule has 1 aromatic carbocycles. The molecule has 6 heteroatoms. The molecule has 0 unspecified atom stereocenters. The predicted molar refractivity (Wildman–Crippen MR) is 93.3 cm³/mol. The summed E-state index contributed by atoms with van der Waals surface area (Å²) >= 11 is 0. The zero-order chi connectivity index (χ0) is 16.5. The fraction of sp³-hybridized carbons (Fsp3) is 0.471. The van der Waals surface area contributed by atoms with Gasteiger partial charge >= 0.3 is 0 Å². The monoisotopic (exact) mass is 315 g/mol. The zero-order valence-electron chi connectivity index (χ0n) is 14.0. The second-order valence-electron chi connectivity index (χ2n) is 5.59. The number of benzene rings is 1. The van der Waals surface area contributed by atoms with Crippen molar-refractivity contribution in [1.82, 2.24) is 15.2 Å². The van der Waals surface area contributed by atoms with E-state index in [0.29, 0.717) is 11.8 Å². The molecule has 2 aromatic rings. The van der Waals surface area contributed by atoms with Crippen LogP contribution >= 0.6 is 0 Å². The Hall–Kier alpha value is -2.37. The second-order valence-corrected chi connectivity index (χ2v) is 5.59. The molecule has 23 heavy (non-hydrogen) atoms. The topological polar surface area (TPSA) is 72.0 Å². The van der Waals surface area contributed by atoms with Gasteiger partial charge in [0.25, 0.3) is 0 Å². The third-order valence-electron chi connectivity index (χ3n) is 3.13. The van der Waals surface area contributed by atoms with Crippen molar-refractivity contribution in [2.24, 2.45) is 0 Å². The van der Waals surface area contributed by atoms with Crippen LogP contribution in [0.25, 0.3) is 0 Å². The number of para-hydroxylation sites is 2. The summed E-state index contributed by atoms with van der Waals surface area (Å²) in [6.45, 7) is 7.04. The molecular weight excluding hydrogens is 290 g/mol. The minimum atomic E-state index is 0.109. The highest BCUT2D eigenvalue weighted by Gasteiger charge is 2.07. The number of hydrogen-bond acceptors (Lipinski definition) is 6. The van der Waals surface area contributed by atoms with Gasteiger partial charge in [-0.25, -0.2) is 0 Å². The summed E-state index contributed by atoms with van der Waals surface area (Å²) in [5, 5.41) is 14.4. The van der Waals surface area contributed by atoms with Gasteiger partial charge in [-0.15, -0.1) is 5.10 Å². The van der Waals surface area contributed by atoms with E-state index in [1.165, 1.54) is 12.8 Å². The summed E-state index contributed by atoms with van der Waals surface area (Å²) in [5.41, 5.74) is 0.860. The highest BCUT2D eigenvalue weighted by molar-refractivity contribution is 5.64. The Labute approximate surface area is 137 Å². The van der Waals surface area contributed by atoms with Crippen molar-refractivity contribution >= 4 is 17.5 Å². The Bertz CT molecular complexity index is 603. The minimum Gasteiger partial charge on any atom is -0.489 e. The molecule has 0 aliphatic rings. The Morgan fingerprint density at radius 3 is 2.78 bits per heavy atom. The van der Waals surface area contributed by atoms with Gasteiger partial charge in [-0.3, -0.25) is 0 Å². The average molecular weight is 315 g/mol. The summed E-state index contributed by atoms with van der Waals surface area (Å²) in [6.07, 6.45) is 5.19. The molecule has 0 aliphatic carbocycles. The van der Waals surface area contributed by atoms with Gasteiger partial charge in [0.05, 0.1) is 18.0 Å². The maximum atomic E-state index is 5.80. The molecule has 2 rings (SSSR count). The van der Waals surface area contributed by atoms with Crippen molar-refractivity contribution in [2.45, 2.75) is 46.1 Å². The number of aromatic nitrogens is 3. The van der Waals surface area contributed by atoms with Crippen molar-refractivity contribution in [3.05, 3.63) is 30.5 Å². The largest absolute Gasteiger partial charge is 0.489 e. The van der Waals surface area contributed by atoms with Gasteiger partial charge in [-0.1, -0.05) is 31.9 Å². The summed E-state index contributed by atoms with van der Waals surface area (Å²) in [4.78, 5) is 4.43. The van der Waals surface area contributed by atoms with Crippen LogP contribution in [0.15, 0.2) is 30.5 Å². The molecule has 0 spiro atoms. The normalized spacial score (nSPS) is 10.6. The van der Waals surface area contributed by atoms with Crippen molar-refractivity contribution in [1.29, 1.82) is 0 Å². The highest BCUT2D eigenvalue weighted by Crippen LogP contribution is 2.27. The molecule has 0 saturated heterocycles. The van der Waals surface area contributed by atoms with E-state index in [1.54, 1.807) is 6.20 Å². The van der Waals surface area contributed by atoms with E-state index >= 15 is 0 Å². The molecule has 0 bridgehead atoms. The van der Waals surface area contributed by atoms with Crippen molar-refractivity contribution < 1.29 is 4.74 Å². The van der Waals surface area contributed by atoms with Gasteiger partial charge in [-0.2, -0.15) is 10.1 Å². The summed E-state index contributed by atoms with van der Waals surface area (Å²) in [7, 11) is 0. The number of nitrogens with one attached hydrogen (secondary N) is 2. The molecule has 0 radical (unpaired) electrons. The van der Waals surface area contributed by atoms with Crippen LogP contribution in [0.5, 0.6) is 5.75 Å². The van der Waals surface area contributed by atoms with Gasteiger partial charge in [-0.05, 0) is 32.4 Å². The number of unbranched alkanes of at least 4 members (excludes halogenated alkanes) is 2. The number of hydrogen-bond donors (Lipinski definition) is 2. The van der Waals surface area contributed by atoms with Gasteiger partial charge < -0.3 is 15.4 Å². The van der Waals surface area contributed by atoms with E-state index in [0.717, 1.165) is 24.4 Å². The van der Waals surface area contributed by atoms with Crippen LogP contribution in [-0.4, -0.2) is 27.8 Å². The molecule has 0 saturated carbocycles. The zero-order valence-corrected chi connectivity index (χ0v) is 14.0. The quantitative estimate of drug-likeness (QED) is 0.681. The highest BCUT2D eigenvalue weighted by atomic mass is 16.5. The van der Waals surface area contributed by atoms with Crippen LogP contribution in [0.2, 0.25) is 0 Å². The van der Waals surface area contributed by atoms with E-state index in [2.05, 4.69) is 32.7 Å². The second kappa shape index (κ2) is 8.92. The van der Waals surface area contributed by atoms with E-state index in [-0.39, 0.29) is 6.10 Å². The molecule has 0 amide bonds. The standard InChI is InChI=1S/C17H25N5O/c1-4-5-8-11-18-17-21-16(12-19-22-17)20-14-9-6-7-10-15(14)23-13(2)3/h6-7,9-10,12-13H,4-5,8,11H2,1-3H3,(H2,18,20,21,22). The maximum absolute atomic E-state index is 5.80. The van der Waals surface area contributed by atoms with E-state index in [4.69, 9.17) is 4.74 Å². The Kier molecular flexibility index (Phi) is 6.59. The van der Waals surface area contributed by atoms with Gasteiger partial charge in [0.2, 0.25) is 5.95 Å². The lowest BCUT2D eigenvalue weighted by molar-refractivity contribution is 0.244. The average Bonchev–Trinajstić information content (AvgIpc) is 2.53. The summed E-state index contributed by atoms with van der Waals surface area (Å²) in [5.74, 6) is 1.96. The van der Waals surface area contributed by atoms with Crippen molar-refractivity contribution in [3.63, 3.8) is 0 Å². The van der Waals surface area contributed by atoms with Crippen molar-refractivity contribution in [3.8, 4) is 5.75 Å². The first-order valence-electron chi connectivity index (χ1n) is 8.15. The van der Waals surface area contributed by atoms with Crippen LogP contribution in [-0.2, 0) is 0 Å². The van der Waals surface area contributed by atoms with Gasteiger partial charge in [0.1, 0.15) is 5.75 Å². The molecule has 1 aromatic heterocycles. The van der Waals surface area contributed by atoms with Crippen LogP contribution in [0.1, 0.15) is 40.0 Å². The first kappa shape index (κ1) is 17.0. The minimum absolute atomic E-state index is 0.109. The molecule has 1 heterocycles. The molecule has 2 N–H and O–H groups in total. The van der Waals surface area contributed by atoms with Crippen LogP contribution in [0, 0.1) is 0 Å². The molecule has 0 aliphatic heterocycles. The van der Waals surface area contributed by atoms with Crippen LogP contribution in [0.4, 0.5) is 17.5 Å². The summed E-state index contributed by atoms with van der Waals surface area (Å²) in [6, 6.07) is 7.78. The maximum Gasteiger partial charge on any atom is 0.244 e.